The number of benzene rings is 2. The normalized spacial score (nSPS) is 11.1. The van der Waals surface area contributed by atoms with E-state index in [1.807, 2.05) is 54.6 Å². The van der Waals surface area contributed by atoms with E-state index in [1.165, 1.54) is 10.5 Å². The predicted octanol–water partition coefficient (Wildman–Crippen LogP) is 4.84. The molecule has 0 aliphatic carbocycles. The average molecular weight is 464 g/mol. The molecule has 0 spiro atoms. The first kappa shape index (κ1) is 24.8. The molecule has 3 amide bonds. The number of hydrogen-bond acceptors (Lipinski definition) is 4. The zero-order valence-electron chi connectivity index (χ0n) is 20.7. The molecule has 2 N–H and O–H groups in total. The molecule has 0 unspecified atom stereocenters. The number of carbonyl (C=O) groups is 2. The van der Waals surface area contributed by atoms with Gasteiger partial charge in [-0.05, 0) is 48.4 Å². The van der Waals surface area contributed by atoms with Crippen LogP contribution in [0.2, 0.25) is 0 Å². The van der Waals surface area contributed by atoms with Crippen LogP contribution in [-0.4, -0.2) is 47.3 Å². The molecule has 180 valence electrons. The fourth-order valence-electron chi connectivity index (χ4n) is 3.27. The molecule has 0 saturated heterocycles. The van der Waals surface area contributed by atoms with Gasteiger partial charge in [0, 0.05) is 24.2 Å². The van der Waals surface area contributed by atoms with E-state index < -0.39 is 0 Å². The molecule has 3 rings (SSSR count). The van der Waals surface area contributed by atoms with Crippen LogP contribution in [-0.2, 0) is 16.6 Å². The monoisotopic (exact) mass is 463 g/mol. The maximum absolute atomic E-state index is 12.8. The van der Waals surface area contributed by atoms with Crippen molar-refractivity contribution in [3.63, 3.8) is 0 Å². The number of nitrogens with one attached hydrogen (secondary N) is 2. The number of likely N-dealkylation sites (N-methyl/N-ethyl adjacent to an activating group) is 1. The third-order valence-corrected chi connectivity index (χ3v) is 5.40. The number of anilines is 2. The van der Waals surface area contributed by atoms with E-state index >= 15 is 0 Å². The van der Waals surface area contributed by atoms with Crippen LogP contribution in [0.3, 0.4) is 0 Å². The number of aromatic nitrogens is 2. The number of urea groups is 1. The van der Waals surface area contributed by atoms with Crippen LogP contribution >= 0.6 is 0 Å². The van der Waals surface area contributed by atoms with Crippen molar-refractivity contribution in [1.82, 2.24) is 14.7 Å². The highest BCUT2D eigenvalue weighted by Crippen LogP contribution is 2.27. The zero-order chi connectivity index (χ0) is 24.9. The summed E-state index contributed by atoms with van der Waals surface area (Å²) in [6, 6.07) is 16.6. The average Bonchev–Trinajstić information content (AvgIpc) is 3.23. The van der Waals surface area contributed by atoms with Crippen LogP contribution in [0, 0.1) is 0 Å². The summed E-state index contributed by atoms with van der Waals surface area (Å²) >= 11 is 0. The minimum atomic E-state index is -0.363. The number of rotatable bonds is 7. The molecule has 1 aromatic heterocycles. The first-order chi connectivity index (χ1) is 16.1. The van der Waals surface area contributed by atoms with Crippen molar-refractivity contribution >= 4 is 23.4 Å². The highest BCUT2D eigenvalue weighted by Gasteiger charge is 2.22. The molecule has 0 radical (unpaired) electrons. The van der Waals surface area contributed by atoms with Gasteiger partial charge in [0.05, 0.1) is 18.5 Å². The van der Waals surface area contributed by atoms with Crippen molar-refractivity contribution in [1.29, 1.82) is 0 Å². The minimum absolute atomic E-state index is 0.114. The van der Waals surface area contributed by atoms with Crippen molar-refractivity contribution < 1.29 is 14.3 Å². The molecular weight excluding hydrogens is 430 g/mol. The number of ether oxygens (including phenoxy) is 1. The lowest BCUT2D eigenvalue weighted by Gasteiger charge is -2.18. The molecule has 8 nitrogen and oxygen atoms in total. The van der Waals surface area contributed by atoms with Crippen LogP contribution in [0.25, 0.3) is 5.69 Å². The van der Waals surface area contributed by atoms with Crippen LogP contribution < -0.4 is 15.4 Å². The second-order valence-electron chi connectivity index (χ2n) is 9.16. The Hall–Kier alpha value is -3.81. The van der Waals surface area contributed by atoms with Crippen molar-refractivity contribution in [2.45, 2.75) is 39.5 Å². The third-order valence-electron chi connectivity index (χ3n) is 5.40. The van der Waals surface area contributed by atoms with Crippen LogP contribution in [0.15, 0.2) is 54.6 Å². The Labute approximate surface area is 200 Å². The lowest BCUT2D eigenvalue weighted by atomic mass is 9.92. The van der Waals surface area contributed by atoms with Gasteiger partial charge in [0.25, 0.3) is 0 Å². The van der Waals surface area contributed by atoms with E-state index in [2.05, 4.69) is 38.3 Å². The Morgan fingerprint density at radius 3 is 2.24 bits per heavy atom. The smallest absolute Gasteiger partial charge is 0.322 e. The van der Waals surface area contributed by atoms with Crippen molar-refractivity contribution in [2.75, 3.05) is 31.3 Å². The van der Waals surface area contributed by atoms with Gasteiger partial charge in [-0.15, -0.1) is 0 Å². The van der Waals surface area contributed by atoms with Gasteiger partial charge in [-0.2, -0.15) is 5.10 Å². The Balaban J connectivity index is 1.72. The van der Waals surface area contributed by atoms with Gasteiger partial charge in [0.15, 0.2) is 0 Å². The van der Waals surface area contributed by atoms with E-state index in [0.29, 0.717) is 11.5 Å². The molecule has 0 bridgehead atoms. The van der Waals surface area contributed by atoms with Gasteiger partial charge in [-0.1, -0.05) is 39.8 Å². The number of hydrogen-bond donors (Lipinski definition) is 2. The quantitative estimate of drug-likeness (QED) is 0.525. The van der Waals surface area contributed by atoms with E-state index in [-0.39, 0.29) is 23.9 Å². The summed E-state index contributed by atoms with van der Waals surface area (Å²) in [7, 11) is 3.19. The molecule has 3 aromatic rings. The molecule has 2 aromatic carbocycles. The lowest BCUT2D eigenvalue weighted by molar-refractivity contribution is -0.116. The number of methoxy groups -OCH3 is 1. The maximum Gasteiger partial charge on any atom is 0.322 e. The molecule has 0 aliphatic rings. The summed E-state index contributed by atoms with van der Waals surface area (Å²) in [6.45, 7) is 8.14. The third kappa shape index (κ3) is 6.15. The number of nitrogens with zero attached hydrogens (tertiary/aromatic N) is 3. The Kier molecular flexibility index (Phi) is 7.61. The van der Waals surface area contributed by atoms with E-state index in [9.17, 15) is 9.59 Å². The van der Waals surface area contributed by atoms with Gasteiger partial charge in [-0.3, -0.25) is 4.79 Å². The summed E-state index contributed by atoms with van der Waals surface area (Å²) in [5.74, 6) is 0.938. The summed E-state index contributed by atoms with van der Waals surface area (Å²) in [4.78, 5) is 26.7. The fourth-order valence-corrected chi connectivity index (χ4v) is 3.27. The van der Waals surface area contributed by atoms with Crippen molar-refractivity contribution in [2.24, 2.45) is 0 Å². The van der Waals surface area contributed by atoms with Crippen LogP contribution in [0.4, 0.5) is 16.3 Å². The first-order valence-corrected chi connectivity index (χ1v) is 11.3. The molecular formula is C26H33N5O3. The SMILES string of the molecule is CCc1ccc(NC(=O)N(C)CC(=O)Nc2cc(C(C)(C)C)nn2-c2ccc(OC)cc2)cc1. The summed E-state index contributed by atoms with van der Waals surface area (Å²) in [5, 5.41) is 10.4. The Morgan fingerprint density at radius 1 is 1.03 bits per heavy atom. The van der Waals surface area contributed by atoms with E-state index in [0.717, 1.165) is 23.6 Å². The number of amides is 3. The highest BCUT2D eigenvalue weighted by molar-refractivity contribution is 5.96. The zero-order valence-corrected chi connectivity index (χ0v) is 20.7. The number of aryl methyl sites for hydroxylation is 1. The van der Waals surface area contributed by atoms with Gasteiger partial charge < -0.3 is 20.3 Å². The maximum atomic E-state index is 12.8. The second kappa shape index (κ2) is 10.4. The highest BCUT2D eigenvalue weighted by atomic mass is 16.5. The lowest BCUT2D eigenvalue weighted by Crippen LogP contribution is -2.37. The predicted molar refractivity (Wildman–Crippen MR) is 135 cm³/mol. The van der Waals surface area contributed by atoms with Crippen LogP contribution in [0.1, 0.15) is 39.0 Å². The van der Waals surface area contributed by atoms with Gasteiger partial charge in [0.2, 0.25) is 5.91 Å². The number of carbonyl (C=O) groups excluding carboxylic acids is 2. The summed E-state index contributed by atoms with van der Waals surface area (Å²) in [5.41, 5.74) is 3.28. The second-order valence-corrected chi connectivity index (χ2v) is 9.16. The van der Waals surface area contributed by atoms with Crippen LogP contribution in [0.5, 0.6) is 5.75 Å². The van der Waals surface area contributed by atoms with Crippen molar-refractivity contribution in [3.8, 4) is 11.4 Å². The fraction of sp³-hybridized carbons (Fsp3) is 0.346. The molecule has 0 aliphatic heterocycles. The van der Waals surface area contributed by atoms with E-state index in [1.54, 1.807) is 18.8 Å². The minimum Gasteiger partial charge on any atom is -0.497 e. The first-order valence-electron chi connectivity index (χ1n) is 11.3. The Morgan fingerprint density at radius 2 is 1.68 bits per heavy atom. The summed E-state index contributed by atoms with van der Waals surface area (Å²) in [6.07, 6.45) is 0.929. The molecule has 0 fully saturated rings. The van der Waals surface area contributed by atoms with Crippen molar-refractivity contribution in [3.05, 3.63) is 65.9 Å². The van der Waals surface area contributed by atoms with Gasteiger partial charge in [0.1, 0.15) is 18.1 Å². The molecule has 34 heavy (non-hydrogen) atoms. The molecule has 1 heterocycles. The molecule has 8 heteroatoms. The summed E-state index contributed by atoms with van der Waals surface area (Å²) < 4.78 is 6.92. The van der Waals surface area contributed by atoms with Gasteiger partial charge >= 0.3 is 6.03 Å². The van der Waals surface area contributed by atoms with Gasteiger partial charge in [-0.25, -0.2) is 9.48 Å². The largest absolute Gasteiger partial charge is 0.497 e. The molecule has 0 atom stereocenters. The standard InChI is InChI=1S/C26H33N5O3/c1-7-18-8-10-19(11-9-18)27-25(33)30(5)17-24(32)28-23-16-22(26(2,3)4)29-31(23)20-12-14-21(34-6)15-13-20/h8-16H,7,17H2,1-6H3,(H,27,33)(H,28,32). The topological polar surface area (TPSA) is 88.5 Å². The van der Waals surface area contributed by atoms with E-state index in [4.69, 9.17) is 9.84 Å². The Bertz CT molecular complexity index is 1130. The molecule has 0 saturated carbocycles.